The Hall–Kier alpha value is -4.00. The number of hydrogen-bond acceptors (Lipinski definition) is 6. The topological polar surface area (TPSA) is 79.1 Å². The molecule has 0 aliphatic rings. The summed E-state index contributed by atoms with van der Waals surface area (Å²) in [4.78, 5) is 27.1. The monoisotopic (exact) mass is 470 g/mol. The first-order chi connectivity index (χ1) is 16.8. The first-order valence-corrected chi connectivity index (χ1v) is 11.6. The fourth-order valence-electron chi connectivity index (χ4n) is 3.86. The van der Waals surface area contributed by atoms with Gasteiger partial charge in [-0.3, -0.25) is 14.3 Å². The third-order valence-electron chi connectivity index (χ3n) is 5.88. The smallest absolute Gasteiger partial charge is 0.261 e. The number of nitrogens with zero attached hydrogens (tertiary/aromatic N) is 4. The van der Waals surface area contributed by atoms with Crippen molar-refractivity contribution in [2.45, 2.75) is 47.1 Å². The highest BCUT2D eigenvalue weighted by Gasteiger charge is 2.16. The van der Waals surface area contributed by atoms with Crippen LogP contribution in [0.5, 0.6) is 11.5 Å². The zero-order valence-corrected chi connectivity index (χ0v) is 21.0. The van der Waals surface area contributed by atoms with Crippen LogP contribution in [0.2, 0.25) is 0 Å². The minimum absolute atomic E-state index is 0.128. The number of aryl methyl sites for hydroxylation is 2. The van der Waals surface area contributed by atoms with Crippen LogP contribution in [0.4, 0.5) is 0 Å². The average molecular weight is 471 g/mol. The van der Waals surface area contributed by atoms with Gasteiger partial charge in [0, 0.05) is 30.1 Å². The van der Waals surface area contributed by atoms with Gasteiger partial charge in [-0.25, -0.2) is 9.97 Å². The lowest BCUT2D eigenvalue weighted by atomic mass is 10.1. The summed E-state index contributed by atoms with van der Waals surface area (Å²) in [5.41, 5.74) is 5.23. The second-order valence-corrected chi connectivity index (χ2v) is 8.87. The molecule has 0 N–H and O–H groups in total. The van der Waals surface area contributed by atoms with Crippen LogP contribution < -0.4 is 15.0 Å². The number of hydrogen-bond donors (Lipinski definition) is 0. The molecule has 3 heterocycles. The molecule has 0 amide bonds. The van der Waals surface area contributed by atoms with Gasteiger partial charge in [0.1, 0.15) is 23.9 Å². The van der Waals surface area contributed by atoms with Crippen LogP contribution in [0.1, 0.15) is 48.0 Å². The van der Waals surface area contributed by atoms with Crippen molar-refractivity contribution in [1.82, 2.24) is 19.5 Å². The van der Waals surface area contributed by atoms with Crippen molar-refractivity contribution in [3.63, 3.8) is 0 Å². The second-order valence-electron chi connectivity index (χ2n) is 8.87. The molecule has 0 radical (unpaired) electrons. The van der Waals surface area contributed by atoms with Crippen molar-refractivity contribution in [2.24, 2.45) is 0 Å². The first kappa shape index (κ1) is 24.1. The molecule has 0 fully saturated rings. The minimum Gasteiger partial charge on any atom is -0.497 e. The average Bonchev–Trinajstić information content (AvgIpc) is 2.86. The summed E-state index contributed by atoms with van der Waals surface area (Å²) < 4.78 is 13.0. The van der Waals surface area contributed by atoms with Crippen LogP contribution in [0, 0.1) is 20.8 Å². The summed E-state index contributed by atoms with van der Waals surface area (Å²) in [6.07, 6.45) is 3.52. The molecule has 0 saturated heterocycles. The molecule has 0 spiro atoms. The number of rotatable bonds is 7. The van der Waals surface area contributed by atoms with Gasteiger partial charge in [0.2, 0.25) is 0 Å². The summed E-state index contributed by atoms with van der Waals surface area (Å²) in [6, 6.07) is 13.3. The molecule has 7 heteroatoms. The lowest BCUT2D eigenvalue weighted by Crippen LogP contribution is -2.24. The fraction of sp³-hybridized carbons (Fsp3) is 0.286. The molecule has 180 valence electrons. The second kappa shape index (κ2) is 10.1. The highest BCUT2D eigenvalue weighted by atomic mass is 16.5. The van der Waals surface area contributed by atoms with Gasteiger partial charge < -0.3 is 9.47 Å². The van der Waals surface area contributed by atoms with E-state index in [-0.39, 0.29) is 11.5 Å². The highest BCUT2D eigenvalue weighted by molar-refractivity contribution is 5.59. The Morgan fingerprint density at radius 2 is 1.80 bits per heavy atom. The van der Waals surface area contributed by atoms with Crippen molar-refractivity contribution in [2.75, 3.05) is 7.11 Å². The molecule has 3 aromatic heterocycles. The Kier molecular flexibility index (Phi) is 6.96. The van der Waals surface area contributed by atoms with E-state index in [0.717, 1.165) is 39.8 Å². The van der Waals surface area contributed by atoms with E-state index in [0.29, 0.717) is 23.6 Å². The van der Waals surface area contributed by atoms with E-state index in [1.165, 1.54) is 0 Å². The molecule has 0 bridgehead atoms. The molecule has 0 saturated carbocycles. The number of ether oxygens (including phenoxy) is 2. The van der Waals surface area contributed by atoms with Gasteiger partial charge in [0.15, 0.2) is 0 Å². The Morgan fingerprint density at radius 1 is 1.00 bits per heavy atom. The molecule has 7 nitrogen and oxygen atoms in total. The minimum atomic E-state index is -0.128. The Labute approximate surface area is 205 Å². The van der Waals surface area contributed by atoms with E-state index in [4.69, 9.17) is 9.47 Å². The van der Waals surface area contributed by atoms with E-state index >= 15 is 0 Å². The van der Waals surface area contributed by atoms with Crippen molar-refractivity contribution < 1.29 is 9.47 Å². The maximum atomic E-state index is 13.5. The molecule has 0 atom stereocenters. The predicted octanol–water partition coefficient (Wildman–Crippen LogP) is 5.33. The van der Waals surface area contributed by atoms with E-state index in [2.05, 4.69) is 28.8 Å². The fourth-order valence-corrected chi connectivity index (χ4v) is 3.86. The lowest BCUT2D eigenvalue weighted by molar-refractivity contribution is 0.301. The summed E-state index contributed by atoms with van der Waals surface area (Å²) in [5.74, 6) is 2.29. The van der Waals surface area contributed by atoms with Gasteiger partial charge >= 0.3 is 0 Å². The van der Waals surface area contributed by atoms with Crippen LogP contribution >= 0.6 is 0 Å². The van der Waals surface area contributed by atoms with E-state index in [9.17, 15) is 4.79 Å². The molecule has 1 aromatic carbocycles. The molecule has 0 aliphatic heterocycles. The standard InChI is InChI=1S/C28H30N4O3/c1-17(2)27-29-11-10-23(31-27)24-14-25(18(3)15-30-24)32-19(4)12-26(20(5)28(32)33)35-16-21-8-7-9-22(13-21)34-6/h7-15,17H,16H2,1-6H3. The Balaban J connectivity index is 1.70. The molecular weight excluding hydrogens is 440 g/mol. The largest absolute Gasteiger partial charge is 0.497 e. The van der Waals surface area contributed by atoms with Gasteiger partial charge in [-0.2, -0.15) is 0 Å². The molecule has 4 aromatic rings. The molecule has 4 rings (SSSR count). The van der Waals surface area contributed by atoms with Crippen LogP contribution in [0.15, 0.2) is 59.7 Å². The SMILES string of the molecule is COc1cccc(COc2cc(C)n(-c3cc(-c4ccnc(C(C)C)n4)ncc3C)c(=O)c2C)c1. The zero-order chi connectivity index (χ0) is 25.1. The van der Waals surface area contributed by atoms with Crippen LogP contribution in [0.25, 0.3) is 17.1 Å². The lowest BCUT2D eigenvalue weighted by Gasteiger charge is -2.17. The quantitative estimate of drug-likeness (QED) is 0.363. The predicted molar refractivity (Wildman–Crippen MR) is 136 cm³/mol. The number of aromatic nitrogens is 4. The Morgan fingerprint density at radius 3 is 2.54 bits per heavy atom. The first-order valence-electron chi connectivity index (χ1n) is 11.6. The normalized spacial score (nSPS) is 11.1. The van der Waals surface area contributed by atoms with Crippen molar-refractivity contribution in [1.29, 1.82) is 0 Å². The van der Waals surface area contributed by atoms with Gasteiger partial charge in [-0.15, -0.1) is 0 Å². The van der Waals surface area contributed by atoms with Crippen LogP contribution in [0.3, 0.4) is 0 Å². The van der Waals surface area contributed by atoms with Crippen molar-refractivity contribution in [3.05, 3.63) is 93.4 Å². The molecular formula is C28H30N4O3. The van der Waals surface area contributed by atoms with Gasteiger partial charge in [0.25, 0.3) is 5.56 Å². The molecule has 35 heavy (non-hydrogen) atoms. The third-order valence-corrected chi connectivity index (χ3v) is 5.88. The maximum Gasteiger partial charge on any atom is 0.261 e. The highest BCUT2D eigenvalue weighted by Crippen LogP contribution is 2.25. The Bertz CT molecular complexity index is 1430. The van der Waals surface area contributed by atoms with Gasteiger partial charge in [-0.1, -0.05) is 26.0 Å². The van der Waals surface area contributed by atoms with Crippen LogP contribution in [-0.2, 0) is 6.61 Å². The van der Waals surface area contributed by atoms with E-state index < -0.39 is 0 Å². The summed E-state index contributed by atoms with van der Waals surface area (Å²) in [5, 5.41) is 0. The third kappa shape index (κ3) is 5.09. The number of pyridine rings is 2. The van der Waals surface area contributed by atoms with Crippen molar-refractivity contribution >= 4 is 0 Å². The maximum absolute atomic E-state index is 13.5. The molecule has 0 unspecified atom stereocenters. The van der Waals surface area contributed by atoms with Crippen molar-refractivity contribution in [3.8, 4) is 28.6 Å². The summed E-state index contributed by atoms with van der Waals surface area (Å²) >= 11 is 0. The molecule has 0 aliphatic carbocycles. The van der Waals surface area contributed by atoms with E-state index in [1.807, 2.05) is 56.3 Å². The van der Waals surface area contributed by atoms with E-state index in [1.54, 1.807) is 31.0 Å². The van der Waals surface area contributed by atoms with Gasteiger partial charge in [-0.05, 0) is 56.2 Å². The number of benzene rings is 1. The van der Waals surface area contributed by atoms with Crippen LogP contribution in [-0.4, -0.2) is 26.6 Å². The summed E-state index contributed by atoms with van der Waals surface area (Å²) in [7, 11) is 1.63. The van der Waals surface area contributed by atoms with Gasteiger partial charge in [0.05, 0.1) is 29.7 Å². The number of methoxy groups -OCH3 is 1. The summed E-state index contributed by atoms with van der Waals surface area (Å²) in [6.45, 7) is 10.1. The zero-order valence-electron chi connectivity index (χ0n) is 21.0.